The summed E-state index contributed by atoms with van der Waals surface area (Å²) in [6, 6.07) is 1.80. The van der Waals surface area contributed by atoms with E-state index in [1.165, 1.54) is 0 Å². The molecule has 0 aromatic heterocycles. The second kappa shape index (κ2) is 7.98. The topological polar surface area (TPSA) is 67.2 Å². The van der Waals surface area contributed by atoms with Gasteiger partial charge < -0.3 is 9.53 Å². The van der Waals surface area contributed by atoms with Gasteiger partial charge in [0, 0.05) is 6.42 Å². The predicted octanol–water partition coefficient (Wildman–Crippen LogP) is 1.84. The Morgan fingerprint density at radius 3 is 2.67 bits per heavy atom. The minimum Gasteiger partial charge on any atom is -0.446 e. The lowest BCUT2D eigenvalue weighted by molar-refractivity contribution is -0.148. The number of nitriles is 1. The van der Waals surface area contributed by atoms with Crippen molar-refractivity contribution in [2.75, 3.05) is 0 Å². The second-order valence-corrected chi connectivity index (χ2v) is 3.49. The summed E-state index contributed by atoms with van der Waals surface area (Å²) in [4.78, 5) is 21.6. The number of carbonyl (C=O) groups is 2. The van der Waals surface area contributed by atoms with Gasteiger partial charge in [0.2, 0.25) is 0 Å². The van der Waals surface area contributed by atoms with E-state index in [2.05, 4.69) is 0 Å². The van der Waals surface area contributed by atoms with E-state index in [9.17, 15) is 9.59 Å². The van der Waals surface area contributed by atoms with E-state index in [0.717, 1.165) is 19.3 Å². The lowest BCUT2D eigenvalue weighted by Gasteiger charge is -2.12. The Hall–Kier alpha value is -1.37. The largest absolute Gasteiger partial charge is 0.446 e. The molecule has 0 saturated heterocycles. The van der Waals surface area contributed by atoms with Gasteiger partial charge in [-0.2, -0.15) is 5.26 Å². The van der Waals surface area contributed by atoms with Gasteiger partial charge in [-0.15, -0.1) is 0 Å². The van der Waals surface area contributed by atoms with Crippen molar-refractivity contribution in [2.45, 2.75) is 45.6 Å². The van der Waals surface area contributed by atoms with Crippen LogP contribution in [0.3, 0.4) is 0 Å². The standard InChI is InChI=1S/C11H17NO3/c1-3-4-5-6-11(14)15-10(7-12)9(2)8-13/h8-10H,3-6H2,1-2H3. The highest BCUT2D eigenvalue weighted by atomic mass is 16.5. The normalized spacial score (nSPS) is 13.7. The molecule has 4 heteroatoms. The molecule has 0 radical (unpaired) electrons. The first-order valence-corrected chi connectivity index (χ1v) is 5.20. The third-order valence-electron chi connectivity index (χ3n) is 2.06. The van der Waals surface area contributed by atoms with Crippen LogP contribution >= 0.6 is 0 Å². The number of ether oxygens (including phenoxy) is 1. The Morgan fingerprint density at radius 1 is 1.53 bits per heavy atom. The molecular weight excluding hydrogens is 194 g/mol. The van der Waals surface area contributed by atoms with E-state index in [1.807, 2.05) is 6.92 Å². The summed E-state index contributed by atoms with van der Waals surface area (Å²) in [5.41, 5.74) is 0. The van der Waals surface area contributed by atoms with E-state index in [-0.39, 0.29) is 0 Å². The van der Waals surface area contributed by atoms with Crippen LogP contribution in [0.1, 0.15) is 39.5 Å². The molecule has 0 aromatic rings. The number of hydrogen-bond donors (Lipinski definition) is 0. The first-order valence-electron chi connectivity index (χ1n) is 5.20. The van der Waals surface area contributed by atoms with Gasteiger partial charge >= 0.3 is 5.97 Å². The molecule has 84 valence electrons. The van der Waals surface area contributed by atoms with Crippen LogP contribution < -0.4 is 0 Å². The summed E-state index contributed by atoms with van der Waals surface area (Å²) in [6.45, 7) is 3.60. The average Bonchev–Trinajstić information content (AvgIpc) is 2.25. The van der Waals surface area contributed by atoms with Crippen LogP contribution in [0.25, 0.3) is 0 Å². The Kier molecular flexibility index (Phi) is 7.25. The molecule has 0 N–H and O–H groups in total. The van der Waals surface area contributed by atoms with Crippen LogP contribution in [0, 0.1) is 17.2 Å². The zero-order chi connectivity index (χ0) is 11.7. The highest BCUT2D eigenvalue weighted by Gasteiger charge is 2.20. The molecule has 0 spiro atoms. The Labute approximate surface area is 90.2 Å². The van der Waals surface area contributed by atoms with Crippen molar-refractivity contribution in [3.63, 3.8) is 0 Å². The number of unbranched alkanes of at least 4 members (excludes halogenated alkanes) is 2. The van der Waals surface area contributed by atoms with E-state index in [4.69, 9.17) is 10.00 Å². The number of hydrogen-bond acceptors (Lipinski definition) is 4. The number of rotatable bonds is 7. The van der Waals surface area contributed by atoms with Crippen molar-refractivity contribution < 1.29 is 14.3 Å². The summed E-state index contributed by atoms with van der Waals surface area (Å²) in [5, 5.41) is 8.66. The average molecular weight is 211 g/mol. The molecule has 0 aromatic carbocycles. The summed E-state index contributed by atoms with van der Waals surface area (Å²) >= 11 is 0. The highest BCUT2D eigenvalue weighted by molar-refractivity contribution is 5.70. The number of nitrogens with zero attached hydrogens (tertiary/aromatic N) is 1. The molecule has 0 amide bonds. The summed E-state index contributed by atoms with van der Waals surface area (Å²) in [7, 11) is 0. The van der Waals surface area contributed by atoms with Crippen molar-refractivity contribution in [1.82, 2.24) is 0 Å². The van der Waals surface area contributed by atoms with E-state index in [1.54, 1.807) is 13.0 Å². The van der Waals surface area contributed by atoms with E-state index in [0.29, 0.717) is 12.7 Å². The molecule has 15 heavy (non-hydrogen) atoms. The zero-order valence-electron chi connectivity index (χ0n) is 9.23. The van der Waals surface area contributed by atoms with Crippen molar-refractivity contribution in [3.8, 4) is 6.07 Å². The van der Waals surface area contributed by atoms with E-state index < -0.39 is 18.0 Å². The van der Waals surface area contributed by atoms with Crippen LogP contribution in [0.15, 0.2) is 0 Å². The van der Waals surface area contributed by atoms with Gasteiger partial charge in [-0.05, 0) is 6.42 Å². The molecule has 0 aliphatic heterocycles. The number of carbonyl (C=O) groups excluding carboxylic acids is 2. The molecule has 2 unspecified atom stereocenters. The molecular formula is C11H17NO3. The maximum atomic E-state index is 11.2. The van der Waals surface area contributed by atoms with Crippen LogP contribution in [-0.2, 0) is 14.3 Å². The Bertz CT molecular complexity index is 245. The number of esters is 1. The van der Waals surface area contributed by atoms with Crippen molar-refractivity contribution >= 4 is 12.3 Å². The van der Waals surface area contributed by atoms with Crippen LogP contribution in [0.2, 0.25) is 0 Å². The van der Waals surface area contributed by atoms with Gasteiger partial charge in [-0.1, -0.05) is 26.7 Å². The van der Waals surface area contributed by atoms with Crippen molar-refractivity contribution in [1.29, 1.82) is 5.26 Å². The molecule has 0 fully saturated rings. The Morgan fingerprint density at radius 2 is 2.20 bits per heavy atom. The second-order valence-electron chi connectivity index (χ2n) is 3.49. The maximum absolute atomic E-state index is 11.2. The third kappa shape index (κ3) is 5.84. The SMILES string of the molecule is CCCCCC(=O)OC(C#N)C(C)C=O. The first-order chi connectivity index (χ1) is 7.15. The summed E-state index contributed by atoms with van der Waals surface area (Å²) < 4.78 is 4.87. The molecule has 0 rings (SSSR count). The molecule has 0 heterocycles. The molecule has 0 saturated carbocycles. The fourth-order valence-electron chi connectivity index (χ4n) is 1.04. The first kappa shape index (κ1) is 13.6. The lowest BCUT2D eigenvalue weighted by atomic mass is 10.1. The fourth-order valence-corrected chi connectivity index (χ4v) is 1.04. The van der Waals surface area contributed by atoms with Crippen LogP contribution in [0.4, 0.5) is 0 Å². The molecule has 0 bridgehead atoms. The third-order valence-corrected chi connectivity index (χ3v) is 2.06. The van der Waals surface area contributed by atoms with Gasteiger partial charge in [0.15, 0.2) is 6.10 Å². The summed E-state index contributed by atoms with van der Waals surface area (Å²) in [5.74, 6) is -0.964. The van der Waals surface area contributed by atoms with E-state index >= 15 is 0 Å². The van der Waals surface area contributed by atoms with Gasteiger partial charge in [0.05, 0.1) is 5.92 Å². The smallest absolute Gasteiger partial charge is 0.307 e. The lowest BCUT2D eigenvalue weighted by Crippen LogP contribution is -2.24. The molecule has 0 aliphatic rings. The Balaban J connectivity index is 3.92. The number of aldehydes is 1. The molecule has 2 atom stereocenters. The summed E-state index contributed by atoms with van der Waals surface area (Å²) in [6.07, 6.45) is 2.75. The molecule has 0 aliphatic carbocycles. The minimum atomic E-state index is -0.948. The van der Waals surface area contributed by atoms with Crippen molar-refractivity contribution in [3.05, 3.63) is 0 Å². The predicted molar refractivity (Wildman–Crippen MR) is 54.9 cm³/mol. The van der Waals surface area contributed by atoms with Gasteiger partial charge in [0.25, 0.3) is 0 Å². The quantitative estimate of drug-likeness (QED) is 0.366. The highest BCUT2D eigenvalue weighted by Crippen LogP contribution is 2.07. The van der Waals surface area contributed by atoms with Crippen molar-refractivity contribution in [2.24, 2.45) is 5.92 Å². The van der Waals surface area contributed by atoms with Gasteiger partial charge in [0.1, 0.15) is 12.4 Å². The monoisotopic (exact) mass is 211 g/mol. The van der Waals surface area contributed by atoms with Crippen LogP contribution in [0.5, 0.6) is 0 Å². The van der Waals surface area contributed by atoms with Gasteiger partial charge in [-0.25, -0.2) is 0 Å². The maximum Gasteiger partial charge on any atom is 0.307 e. The minimum absolute atomic E-state index is 0.317. The molecule has 4 nitrogen and oxygen atoms in total. The van der Waals surface area contributed by atoms with Gasteiger partial charge in [-0.3, -0.25) is 4.79 Å². The zero-order valence-corrected chi connectivity index (χ0v) is 9.23. The fraction of sp³-hybridized carbons (Fsp3) is 0.727. The van der Waals surface area contributed by atoms with Crippen LogP contribution in [-0.4, -0.2) is 18.4 Å².